The Morgan fingerprint density at radius 1 is 1.10 bits per heavy atom. The van der Waals surface area contributed by atoms with Crippen molar-refractivity contribution in [1.82, 2.24) is 4.31 Å². The Balaban J connectivity index is 1.72. The van der Waals surface area contributed by atoms with Crippen molar-refractivity contribution < 1.29 is 12.8 Å². The molecule has 3 atom stereocenters. The van der Waals surface area contributed by atoms with Gasteiger partial charge in [-0.25, -0.2) is 12.8 Å². The molecule has 4 rings (SSSR count). The number of nitrogens with one attached hydrogen (secondary N) is 1. The Kier molecular flexibility index (Phi) is 5.62. The van der Waals surface area contributed by atoms with Gasteiger partial charge < -0.3 is 5.32 Å². The fourth-order valence-corrected chi connectivity index (χ4v) is 5.86. The number of sulfonamides is 1. The standard InChI is InChI=1S/C24H25FN2O2S/c1-3-14-27(15-4-2)30(28,29)19-12-13-23-22(16-19)20-6-5-7-21(20)24(26-23)17-8-10-18(25)11-9-17/h3-6,8-13,16,20-21,24,26H,1-2,7,14-15H2. The lowest BCUT2D eigenvalue weighted by molar-refractivity contribution is 0.424. The molecule has 0 radical (unpaired) electrons. The summed E-state index contributed by atoms with van der Waals surface area (Å²) in [5.41, 5.74) is 2.92. The molecule has 1 aliphatic carbocycles. The van der Waals surface area contributed by atoms with Crippen LogP contribution in [0.4, 0.5) is 10.1 Å². The second-order valence-electron chi connectivity index (χ2n) is 7.68. The van der Waals surface area contributed by atoms with Gasteiger partial charge in [-0.15, -0.1) is 13.2 Å². The lowest BCUT2D eigenvalue weighted by Gasteiger charge is -2.38. The van der Waals surface area contributed by atoms with E-state index in [0.717, 1.165) is 23.2 Å². The zero-order valence-corrected chi connectivity index (χ0v) is 17.5. The van der Waals surface area contributed by atoms with E-state index in [1.54, 1.807) is 24.3 Å². The third-order valence-electron chi connectivity index (χ3n) is 5.87. The summed E-state index contributed by atoms with van der Waals surface area (Å²) >= 11 is 0. The van der Waals surface area contributed by atoms with Gasteiger partial charge in [-0.3, -0.25) is 0 Å². The molecule has 0 bridgehead atoms. The summed E-state index contributed by atoms with van der Waals surface area (Å²) in [5, 5.41) is 3.56. The minimum Gasteiger partial charge on any atom is -0.378 e. The van der Waals surface area contributed by atoms with Crippen LogP contribution in [0.15, 0.2) is 84.8 Å². The van der Waals surface area contributed by atoms with E-state index in [1.807, 2.05) is 18.2 Å². The second kappa shape index (κ2) is 8.20. The predicted octanol–water partition coefficient (Wildman–Crippen LogP) is 5.01. The van der Waals surface area contributed by atoms with Gasteiger partial charge in [0, 0.05) is 24.7 Å². The number of fused-ring (bicyclic) bond motifs is 3. The van der Waals surface area contributed by atoms with Gasteiger partial charge in [-0.1, -0.05) is 36.4 Å². The molecule has 0 spiro atoms. The maximum Gasteiger partial charge on any atom is 0.243 e. The molecular formula is C24H25FN2O2S. The Morgan fingerprint density at radius 3 is 2.47 bits per heavy atom. The van der Waals surface area contributed by atoms with Crippen molar-refractivity contribution in [3.8, 4) is 0 Å². The van der Waals surface area contributed by atoms with Crippen LogP contribution in [0.3, 0.4) is 0 Å². The highest BCUT2D eigenvalue weighted by Crippen LogP contribution is 2.50. The van der Waals surface area contributed by atoms with Gasteiger partial charge >= 0.3 is 0 Å². The van der Waals surface area contributed by atoms with Crippen molar-refractivity contribution in [3.63, 3.8) is 0 Å². The normalized spacial score (nSPS) is 22.3. The molecule has 1 heterocycles. The average Bonchev–Trinajstić information content (AvgIpc) is 3.23. The summed E-state index contributed by atoms with van der Waals surface area (Å²) in [7, 11) is -3.66. The molecule has 1 aliphatic heterocycles. The van der Waals surface area contributed by atoms with Gasteiger partial charge in [0.15, 0.2) is 0 Å². The SMILES string of the molecule is C=CCN(CC=C)S(=O)(=O)c1ccc2c(c1)C1C=CCC1C(c1ccc(F)cc1)N2. The average molecular weight is 425 g/mol. The van der Waals surface area contributed by atoms with Crippen molar-refractivity contribution in [2.24, 2.45) is 5.92 Å². The molecular weight excluding hydrogens is 399 g/mol. The molecule has 0 saturated carbocycles. The smallest absolute Gasteiger partial charge is 0.243 e. The number of anilines is 1. The first-order valence-electron chi connectivity index (χ1n) is 10.00. The third-order valence-corrected chi connectivity index (χ3v) is 7.69. The molecule has 2 aromatic rings. The highest BCUT2D eigenvalue weighted by Gasteiger charge is 2.38. The molecule has 0 saturated heterocycles. The van der Waals surface area contributed by atoms with E-state index in [9.17, 15) is 12.8 Å². The zero-order valence-electron chi connectivity index (χ0n) is 16.7. The quantitative estimate of drug-likeness (QED) is 0.636. The molecule has 0 amide bonds. The molecule has 0 aromatic heterocycles. The van der Waals surface area contributed by atoms with E-state index in [4.69, 9.17) is 0 Å². The number of rotatable bonds is 7. The monoisotopic (exact) mass is 424 g/mol. The highest BCUT2D eigenvalue weighted by molar-refractivity contribution is 7.89. The van der Waals surface area contributed by atoms with E-state index in [2.05, 4.69) is 30.6 Å². The van der Waals surface area contributed by atoms with Crippen molar-refractivity contribution in [3.05, 3.63) is 96.9 Å². The van der Waals surface area contributed by atoms with Crippen LogP contribution >= 0.6 is 0 Å². The first-order valence-corrected chi connectivity index (χ1v) is 11.4. The van der Waals surface area contributed by atoms with E-state index < -0.39 is 10.0 Å². The molecule has 1 N–H and O–H groups in total. The molecule has 0 fully saturated rings. The van der Waals surface area contributed by atoms with Crippen LogP contribution in [0.5, 0.6) is 0 Å². The molecule has 2 aliphatic rings. The minimum absolute atomic E-state index is 0.0404. The number of hydrogen-bond acceptors (Lipinski definition) is 3. The first kappa shape index (κ1) is 20.6. The largest absolute Gasteiger partial charge is 0.378 e. The van der Waals surface area contributed by atoms with Gasteiger partial charge in [0.05, 0.1) is 10.9 Å². The van der Waals surface area contributed by atoms with Crippen LogP contribution in [0.1, 0.15) is 29.5 Å². The van der Waals surface area contributed by atoms with E-state index >= 15 is 0 Å². The minimum atomic E-state index is -3.66. The molecule has 156 valence electrons. The van der Waals surface area contributed by atoms with Crippen molar-refractivity contribution in [2.45, 2.75) is 23.3 Å². The van der Waals surface area contributed by atoms with Crippen LogP contribution in [0.2, 0.25) is 0 Å². The third kappa shape index (κ3) is 3.61. The molecule has 30 heavy (non-hydrogen) atoms. The summed E-state index contributed by atoms with van der Waals surface area (Å²) in [6.45, 7) is 7.78. The number of halogens is 1. The summed E-state index contributed by atoms with van der Waals surface area (Å²) in [4.78, 5) is 0.269. The molecule has 3 unspecified atom stereocenters. The predicted molar refractivity (Wildman–Crippen MR) is 118 cm³/mol. The van der Waals surface area contributed by atoms with Gasteiger partial charge in [0.2, 0.25) is 10.0 Å². The lowest BCUT2D eigenvalue weighted by atomic mass is 9.77. The fraction of sp³-hybridized carbons (Fsp3) is 0.250. The lowest BCUT2D eigenvalue weighted by Crippen LogP contribution is -2.32. The maximum absolute atomic E-state index is 13.4. The van der Waals surface area contributed by atoms with Crippen LogP contribution < -0.4 is 5.32 Å². The number of benzene rings is 2. The highest BCUT2D eigenvalue weighted by atomic mass is 32.2. The van der Waals surface area contributed by atoms with E-state index in [-0.39, 0.29) is 41.7 Å². The van der Waals surface area contributed by atoms with Crippen LogP contribution in [-0.4, -0.2) is 25.8 Å². The van der Waals surface area contributed by atoms with Gasteiger partial charge in [0.25, 0.3) is 0 Å². The van der Waals surface area contributed by atoms with Crippen molar-refractivity contribution >= 4 is 15.7 Å². The van der Waals surface area contributed by atoms with Crippen LogP contribution in [-0.2, 0) is 10.0 Å². The van der Waals surface area contributed by atoms with Crippen LogP contribution in [0.25, 0.3) is 0 Å². The maximum atomic E-state index is 13.4. The zero-order chi connectivity index (χ0) is 21.3. The Morgan fingerprint density at radius 2 is 1.80 bits per heavy atom. The summed E-state index contributed by atoms with van der Waals surface area (Å²) in [5.74, 6) is 0.103. The molecule has 2 aromatic carbocycles. The molecule has 4 nitrogen and oxygen atoms in total. The van der Waals surface area contributed by atoms with Crippen molar-refractivity contribution in [1.29, 1.82) is 0 Å². The Bertz CT molecular complexity index is 1080. The van der Waals surface area contributed by atoms with Gasteiger partial charge in [0.1, 0.15) is 5.82 Å². The molecule has 6 heteroatoms. The van der Waals surface area contributed by atoms with Gasteiger partial charge in [-0.05, 0) is 53.8 Å². The van der Waals surface area contributed by atoms with Gasteiger partial charge in [-0.2, -0.15) is 4.31 Å². The Labute approximate surface area is 177 Å². The Hall–Kier alpha value is -2.70. The van der Waals surface area contributed by atoms with Crippen molar-refractivity contribution in [2.75, 3.05) is 18.4 Å². The fourth-order valence-electron chi connectivity index (χ4n) is 4.44. The van der Waals surface area contributed by atoms with Crippen LogP contribution in [0, 0.1) is 11.7 Å². The second-order valence-corrected chi connectivity index (χ2v) is 9.61. The first-order chi connectivity index (χ1) is 14.5. The summed E-state index contributed by atoms with van der Waals surface area (Å²) < 4.78 is 41.1. The van der Waals surface area contributed by atoms with E-state index in [0.29, 0.717) is 0 Å². The summed E-state index contributed by atoms with van der Waals surface area (Å²) in [6, 6.07) is 11.9. The summed E-state index contributed by atoms with van der Waals surface area (Å²) in [6.07, 6.45) is 8.33. The number of allylic oxidation sites excluding steroid dienone is 2. The number of hydrogen-bond donors (Lipinski definition) is 1. The number of nitrogens with zero attached hydrogens (tertiary/aromatic N) is 1. The van der Waals surface area contributed by atoms with E-state index in [1.165, 1.54) is 16.4 Å². The topological polar surface area (TPSA) is 49.4 Å².